The fourth-order valence-electron chi connectivity index (χ4n) is 2.52. The summed E-state index contributed by atoms with van der Waals surface area (Å²) in [5, 5.41) is 0.988. The maximum Gasteiger partial charge on any atom is 0.325 e. The van der Waals surface area contributed by atoms with Crippen LogP contribution in [-0.2, 0) is 16.1 Å². The van der Waals surface area contributed by atoms with Crippen LogP contribution in [0.5, 0.6) is 5.75 Å². The van der Waals surface area contributed by atoms with Gasteiger partial charge in [-0.25, -0.2) is 4.98 Å². The van der Waals surface area contributed by atoms with E-state index in [-0.39, 0.29) is 12.1 Å². The van der Waals surface area contributed by atoms with E-state index in [1.54, 1.807) is 18.2 Å². The Morgan fingerprint density at radius 2 is 1.85 bits per heavy atom. The first-order valence-corrected chi connectivity index (χ1v) is 9.54. The highest BCUT2D eigenvalue weighted by Gasteiger charge is 2.14. The largest absolute Gasteiger partial charge is 0.494 e. The molecule has 3 rings (SSSR count). The first kappa shape index (κ1) is 19.0. The highest BCUT2D eigenvalue weighted by molar-refractivity contribution is 7.99. The molecule has 0 aliphatic heterocycles. The maximum atomic E-state index is 12.8. The predicted octanol–water partition coefficient (Wildman–Crippen LogP) is 3.13. The molecule has 0 atom stereocenters. The number of thioether (sulfide) groups is 1. The number of para-hydroxylation sites is 2. The number of fused-ring (bicyclic) bond motifs is 1. The number of carbonyl (C=O) groups is 1. The Labute approximate surface area is 161 Å². The second kappa shape index (κ2) is 9.23. The van der Waals surface area contributed by atoms with E-state index in [1.165, 1.54) is 23.4 Å². The Balaban J connectivity index is 1.71. The minimum atomic E-state index is -0.483. The molecule has 1 aromatic heterocycles. The van der Waals surface area contributed by atoms with Crippen molar-refractivity contribution in [2.24, 2.45) is 0 Å². The van der Waals surface area contributed by atoms with Crippen molar-refractivity contribution in [1.82, 2.24) is 9.55 Å². The molecule has 0 saturated carbocycles. The molecular weight excluding hydrogens is 364 g/mol. The lowest BCUT2D eigenvalue weighted by Crippen LogP contribution is -2.27. The molecule has 0 saturated heterocycles. The van der Waals surface area contributed by atoms with Crippen molar-refractivity contribution in [3.05, 3.63) is 65.0 Å². The highest BCUT2D eigenvalue weighted by Crippen LogP contribution is 2.19. The molecule has 0 fully saturated rings. The summed E-state index contributed by atoms with van der Waals surface area (Å²) in [6, 6.07) is 16.7. The quantitative estimate of drug-likeness (QED) is 0.257. The van der Waals surface area contributed by atoms with Gasteiger partial charge in [0.2, 0.25) is 0 Å². The van der Waals surface area contributed by atoms with Crippen molar-refractivity contribution in [3.8, 4) is 5.75 Å². The zero-order valence-corrected chi connectivity index (χ0v) is 15.8. The number of benzene rings is 2. The van der Waals surface area contributed by atoms with Crippen molar-refractivity contribution in [2.45, 2.75) is 18.1 Å². The molecular formula is C20H20N2O4S. The van der Waals surface area contributed by atoms with Crippen LogP contribution in [0.2, 0.25) is 0 Å². The number of rotatable bonds is 8. The van der Waals surface area contributed by atoms with Gasteiger partial charge in [0.1, 0.15) is 12.3 Å². The maximum absolute atomic E-state index is 12.8. The van der Waals surface area contributed by atoms with E-state index in [2.05, 4.69) is 4.98 Å². The van der Waals surface area contributed by atoms with Crippen molar-refractivity contribution < 1.29 is 14.3 Å². The Kier molecular flexibility index (Phi) is 6.49. The average molecular weight is 384 g/mol. The van der Waals surface area contributed by atoms with Crippen LogP contribution in [0, 0.1) is 0 Å². The summed E-state index contributed by atoms with van der Waals surface area (Å²) in [6.07, 6.45) is 0.778. The second-order valence-corrected chi connectivity index (χ2v) is 6.80. The van der Waals surface area contributed by atoms with Crippen molar-refractivity contribution in [1.29, 1.82) is 0 Å². The molecule has 27 heavy (non-hydrogen) atoms. The number of nitrogens with zero attached hydrogens (tertiary/aromatic N) is 2. The molecule has 0 spiro atoms. The van der Waals surface area contributed by atoms with Gasteiger partial charge in [-0.05, 0) is 30.7 Å². The molecule has 2 aromatic carbocycles. The minimum absolute atomic E-state index is 0.157. The van der Waals surface area contributed by atoms with Gasteiger partial charge in [0.15, 0.2) is 5.16 Å². The topological polar surface area (TPSA) is 70.4 Å². The second-order valence-electron chi connectivity index (χ2n) is 5.74. The first-order valence-electron chi connectivity index (χ1n) is 8.56. The van der Waals surface area contributed by atoms with Crippen molar-refractivity contribution in [3.63, 3.8) is 0 Å². The normalized spacial score (nSPS) is 10.7. The number of ether oxygens (including phenoxy) is 2. The summed E-state index contributed by atoms with van der Waals surface area (Å²) in [4.78, 5) is 29.0. The van der Waals surface area contributed by atoms with Crippen LogP contribution in [0.3, 0.4) is 0 Å². The van der Waals surface area contributed by atoms with Gasteiger partial charge < -0.3 is 9.47 Å². The Morgan fingerprint density at radius 1 is 1.11 bits per heavy atom. The molecule has 0 bridgehead atoms. The SMILES string of the molecule is COC(=O)Cn1c(SCCCOc2ccccc2)nc2ccccc2c1=O. The van der Waals surface area contributed by atoms with Gasteiger partial charge in [-0.15, -0.1) is 0 Å². The molecule has 1 heterocycles. The highest BCUT2D eigenvalue weighted by atomic mass is 32.2. The number of hydrogen-bond donors (Lipinski definition) is 0. The molecule has 140 valence electrons. The van der Waals surface area contributed by atoms with Crippen LogP contribution >= 0.6 is 11.8 Å². The summed E-state index contributed by atoms with van der Waals surface area (Å²) in [7, 11) is 1.30. The molecule has 0 amide bonds. The Bertz CT molecular complexity index is 973. The summed E-state index contributed by atoms with van der Waals surface area (Å²) < 4.78 is 11.8. The van der Waals surface area contributed by atoms with E-state index in [9.17, 15) is 9.59 Å². The number of methoxy groups -OCH3 is 1. The van der Waals surface area contributed by atoms with Crippen LogP contribution in [-0.4, -0.2) is 35.0 Å². The van der Waals surface area contributed by atoms with Gasteiger partial charge >= 0.3 is 5.97 Å². The van der Waals surface area contributed by atoms with E-state index in [4.69, 9.17) is 9.47 Å². The minimum Gasteiger partial charge on any atom is -0.494 e. The summed E-state index contributed by atoms with van der Waals surface area (Å²) in [6.45, 7) is 0.405. The van der Waals surface area contributed by atoms with E-state index in [1.807, 2.05) is 36.4 Å². The van der Waals surface area contributed by atoms with Gasteiger partial charge in [-0.3, -0.25) is 14.2 Å². The smallest absolute Gasteiger partial charge is 0.325 e. The van der Waals surface area contributed by atoms with E-state index in [0.717, 1.165) is 12.2 Å². The van der Waals surface area contributed by atoms with Crippen LogP contribution in [0.25, 0.3) is 10.9 Å². The van der Waals surface area contributed by atoms with Gasteiger partial charge in [0.05, 0.1) is 24.6 Å². The molecule has 3 aromatic rings. The summed E-state index contributed by atoms with van der Waals surface area (Å²) in [5.74, 6) is 1.05. The standard InChI is InChI=1S/C20H20N2O4S/c1-25-18(23)14-22-19(24)16-10-5-6-11-17(16)21-20(22)27-13-7-12-26-15-8-3-2-4-9-15/h2-6,8-11H,7,12-14H2,1H3. The third-order valence-corrected chi connectivity index (χ3v) is 4.94. The third-order valence-electron chi connectivity index (χ3n) is 3.87. The van der Waals surface area contributed by atoms with Crippen molar-refractivity contribution >= 4 is 28.6 Å². The Morgan fingerprint density at radius 3 is 2.63 bits per heavy atom. The van der Waals surface area contributed by atoms with Crippen LogP contribution in [0.1, 0.15) is 6.42 Å². The third kappa shape index (κ3) is 4.89. The monoisotopic (exact) mass is 384 g/mol. The molecule has 0 aliphatic rings. The number of esters is 1. The van der Waals surface area contributed by atoms with Crippen LogP contribution in [0.15, 0.2) is 64.5 Å². The van der Waals surface area contributed by atoms with Gasteiger partial charge in [-0.1, -0.05) is 42.1 Å². The van der Waals surface area contributed by atoms with Gasteiger partial charge in [-0.2, -0.15) is 0 Å². The molecule has 0 unspecified atom stereocenters. The zero-order chi connectivity index (χ0) is 19.1. The lowest BCUT2D eigenvalue weighted by atomic mass is 10.2. The molecule has 6 nitrogen and oxygen atoms in total. The molecule has 0 radical (unpaired) electrons. The summed E-state index contributed by atoms with van der Waals surface area (Å²) in [5.41, 5.74) is 0.376. The molecule has 0 aliphatic carbocycles. The van der Waals surface area contributed by atoms with Crippen molar-refractivity contribution in [2.75, 3.05) is 19.5 Å². The fourth-order valence-corrected chi connectivity index (χ4v) is 3.43. The van der Waals surface area contributed by atoms with Crippen LogP contribution in [0.4, 0.5) is 0 Å². The Hall–Kier alpha value is -2.80. The number of hydrogen-bond acceptors (Lipinski definition) is 6. The lowest BCUT2D eigenvalue weighted by Gasteiger charge is -2.12. The van der Waals surface area contributed by atoms with Gasteiger partial charge in [0, 0.05) is 5.75 Å². The fraction of sp³-hybridized carbons (Fsp3) is 0.250. The summed E-state index contributed by atoms with van der Waals surface area (Å²) >= 11 is 1.43. The molecule has 7 heteroatoms. The number of aromatic nitrogens is 2. The first-order chi connectivity index (χ1) is 13.2. The average Bonchev–Trinajstić information content (AvgIpc) is 2.71. The number of carbonyl (C=O) groups excluding carboxylic acids is 1. The lowest BCUT2D eigenvalue weighted by molar-refractivity contribution is -0.141. The van der Waals surface area contributed by atoms with E-state index in [0.29, 0.717) is 28.4 Å². The van der Waals surface area contributed by atoms with E-state index < -0.39 is 5.97 Å². The van der Waals surface area contributed by atoms with E-state index >= 15 is 0 Å². The zero-order valence-electron chi connectivity index (χ0n) is 15.0. The van der Waals surface area contributed by atoms with Crippen LogP contribution < -0.4 is 10.3 Å². The predicted molar refractivity (Wildman–Crippen MR) is 105 cm³/mol. The van der Waals surface area contributed by atoms with Gasteiger partial charge in [0.25, 0.3) is 5.56 Å². The molecule has 0 N–H and O–H groups in total.